The molecule has 2 unspecified atom stereocenters. The van der Waals surface area contributed by atoms with Gasteiger partial charge in [0.15, 0.2) is 0 Å². The molecular formula is C69H102O12. The van der Waals surface area contributed by atoms with Crippen LogP contribution in [0.5, 0.6) is 23.0 Å². The van der Waals surface area contributed by atoms with Crippen molar-refractivity contribution >= 4 is 18.5 Å². The first kappa shape index (κ1) is 67.9. The summed E-state index contributed by atoms with van der Waals surface area (Å²) in [6.07, 6.45) is -0.242. The lowest BCUT2D eigenvalue weighted by atomic mass is 9.74. The number of ether oxygens (including phenoxy) is 8. The first-order valence-corrected chi connectivity index (χ1v) is 28.8. The van der Waals surface area contributed by atoms with E-state index in [1.165, 1.54) is 0 Å². The fraction of sp³-hybridized carbons (Fsp3) is 0.609. The second-order valence-electron chi connectivity index (χ2n) is 30.2. The van der Waals surface area contributed by atoms with Crippen molar-refractivity contribution < 1.29 is 57.4 Å². The molecule has 4 aromatic carbocycles. The Morgan fingerprint density at radius 1 is 0.370 bits per heavy atom. The summed E-state index contributed by atoms with van der Waals surface area (Å²) in [6.45, 7) is 54.0. The molecule has 1 N–H and O–H groups in total. The van der Waals surface area contributed by atoms with E-state index in [4.69, 9.17) is 37.9 Å². The minimum absolute atomic E-state index is 0.195. The lowest BCUT2D eigenvalue weighted by molar-refractivity contribution is -0.259. The van der Waals surface area contributed by atoms with Gasteiger partial charge in [0, 0.05) is 34.1 Å². The van der Waals surface area contributed by atoms with E-state index in [1.807, 2.05) is 107 Å². The van der Waals surface area contributed by atoms with Gasteiger partial charge >= 0.3 is 24.9 Å². The maximum atomic E-state index is 13.4. The summed E-state index contributed by atoms with van der Waals surface area (Å²) < 4.78 is 47.3. The molecule has 12 heteroatoms. The van der Waals surface area contributed by atoms with Crippen LogP contribution < -0.4 is 18.9 Å². The number of aliphatic hydroxyl groups is 1. The summed E-state index contributed by atoms with van der Waals surface area (Å²) in [5.74, 6) is 1.43. The van der Waals surface area contributed by atoms with Crippen LogP contribution >= 0.6 is 0 Å². The first-order valence-electron chi connectivity index (χ1n) is 28.8. The van der Waals surface area contributed by atoms with E-state index >= 15 is 0 Å². The maximum absolute atomic E-state index is 13.4. The van der Waals surface area contributed by atoms with E-state index in [0.29, 0.717) is 35.8 Å². The highest BCUT2D eigenvalue weighted by atomic mass is 16.8. The maximum Gasteiger partial charge on any atom is 0.514 e. The average molecular weight is 1120 g/mol. The summed E-state index contributed by atoms with van der Waals surface area (Å²) >= 11 is 0. The highest BCUT2D eigenvalue weighted by Crippen LogP contribution is 2.47. The minimum atomic E-state index is -1.50. The predicted molar refractivity (Wildman–Crippen MR) is 325 cm³/mol. The smallest absolute Gasteiger partial charge is 0.441 e. The van der Waals surface area contributed by atoms with Crippen LogP contribution in [0.4, 0.5) is 14.4 Å². The molecule has 4 rings (SSSR count). The number of carbonyl (C=O) groups excluding carboxylic acids is 3. The van der Waals surface area contributed by atoms with Crippen LogP contribution in [0.25, 0.3) is 0 Å². The standard InChI is InChI=1S/C69H102O12/c1-40-32-54(74-58(70)78-66(17,18)19)50(62(5,6)7)36-46(40)44(47-37-51(63(8,9)10)55(33-41(47)2)75-59(71)79-67(20,21)22)30-29-31-45(48-38-52(64(11,12)13)56(34-42(48)3)76-60(72)80-68(23,24)25)49-39-53(65(14,15)16)57(35-43(49)4)77-61(73)81-69(26,27)28/h32-39,44-45,58,70H,29-31H2,1-28H3. The van der Waals surface area contributed by atoms with Crippen LogP contribution in [0.3, 0.4) is 0 Å². The highest BCUT2D eigenvalue weighted by molar-refractivity contribution is 5.68. The molecule has 2 atom stereocenters. The number of aliphatic hydroxyl groups excluding tert-OH is 1. The Labute approximate surface area is 487 Å². The molecule has 81 heavy (non-hydrogen) atoms. The minimum Gasteiger partial charge on any atom is -0.441 e. The number of aryl methyl sites for hydroxylation is 4. The Kier molecular flexibility index (Phi) is 20.7. The van der Waals surface area contributed by atoms with Gasteiger partial charge in [0.1, 0.15) is 39.8 Å². The summed E-state index contributed by atoms with van der Waals surface area (Å²) in [5.41, 5.74) is 6.78. The summed E-state index contributed by atoms with van der Waals surface area (Å²) in [5, 5.41) is 11.1. The van der Waals surface area contributed by atoms with E-state index in [9.17, 15) is 19.5 Å². The van der Waals surface area contributed by atoms with Crippen molar-refractivity contribution in [2.24, 2.45) is 0 Å². The van der Waals surface area contributed by atoms with Crippen LogP contribution in [-0.4, -0.2) is 52.5 Å². The van der Waals surface area contributed by atoms with Crippen LogP contribution in [0.2, 0.25) is 0 Å². The molecule has 0 aromatic heterocycles. The molecule has 0 saturated heterocycles. The van der Waals surface area contributed by atoms with Gasteiger partial charge in [-0.25, -0.2) is 14.4 Å². The summed E-state index contributed by atoms with van der Waals surface area (Å²) in [4.78, 5) is 40.0. The van der Waals surface area contributed by atoms with E-state index in [2.05, 4.69) is 135 Å². The van der Waals surface area contributed by atoms with E-state index in [1.54, 1.807) is 0 Å². The number of carbonyl (C=O) groups is 3. The number of rotatable bonds is 14. The molecule has 0 amide bonds. The lowest BCUT2D eigenvalue weighted by Crippen LogP contribution is -2.31. The SMILES string of the molecule is Cc1cc(OC(=O)OC(C)(C)C)c(C(C)(C)C)cc1C(CCCC(c1cc(C(C)(C)C)c(OC(=O)OC(C)(C)C)cc1C)c1cc(C(C)(C)C)c(OC(O)OC(C)(C)C)cc1C)c1cc(C(C)(C)C)c(OC(=O)OC(C)(C)C)cc1C. The van der Waals surface area contributed by atoms with Gasteiger partial charge in [0.2, 0.25) is 0 Å². The molecule has 0 radical (unpaired) electrons. The third-order valence-electron chi connectivity index (χ3n) is 13.6. The molecule has 12 nitrogen and oxygen atoms in total. The molecule has 0 spiro atoms. The first-order chi connectivity index (χ1) is 36.4. The van der Waals surface area contributed by atoms with Crippen molar-refractivity contribution in [1.29, 1.82) is 0 Å². The predicted octanol–water partition coefficient (Wildman–Crippen LogP) is 18.7. The topological polar surface area (TPSA) is 145 Å². The van der Waals surface area contributed by atoms with Gasteiger partial charge in [-0.05, 0) is 214 Å². The summed E-state index contributed by atoms with van der Waals surface area (Å²) in [6, 6.07) is 16.7. The zero-order valence-corrected chi connectivity index (χ0v) is 54.9. The molecular weight excluding hydrogens is 1020 g/mol. The number of hydrogen-bond acceptors (Lipinski definition) is 12. The summed E-state index contributed by atoms with van der Waals surface area (Å²) in [7, 11) is 0. The molecule has 450 valence electrons. The number of benzene rings is 4. The lowest BCUT2D eigenvalue weighted by Gasteiger charge is -2.32. The molecule has 0 heterocycles. The van der Waals surface area contributed by atoms with Crippen molar-refractivity contribution in [2.75, 3.05) is 0 Å². The van der Waals surface area contributed by atoms with E-state index in [-0.39, 0.29) is 11.8 Å². The van der Waals surface area contributed by atoms with Crippen molar-refractivity contribution in [3.63, 3.8) is 0 Å². The van der Waals surface area contributed by atoms with Gasteiger partial charge in [-0.15, -0.1) is 0 Å². The van der Waals surface area contributed by atoms with Crippen molar-refractivity contribution in [2.45, 2.75) is 276 Å². The van der Waals surface area contributed by atoms with Crippen LogP contribution in [0, 0.1) is 27.7 Å². The van der Waals surface area contributed by atoms with Crippen LogP contribution in [-0.2, 0) is 40.6 Å². The molecule has 0 saturated carbocycles. The van der Waals surface area contributed by atoms with E-state index in [0.717, 1.165) is 73.2 Å². The fourth-order valence-corrected chi connectivity index (χ4v) is 9.99. The second-order valence-corrected chi connectivity index (χ2v) is 30.2. The molecule has 0 fully saturated rings. The van der Waals surface area contributed by atoms with Crippen molar-refractivity contribution in [1.82, 2.24) is 0 Å². The molecule has 4 aromatic rings. The van der Waals surface area contributed by atoms with Gasteiger partial charge in [0.25, 0.3) is 0 Å². The van der Waals surface area contributed by atoms with Gasteiger partial charge in [-0.2, -0.15) is 0 Å². The Hall–Kier alpha value is -5.59. The van der Waals surface area contributed by atoms with Gasteiger partial charge in [-0.1, -0.05) is 114 Å². The Bertz CT molecular complexity index is 2790. The van der Waals surface area contributed by atoms with Crippen LogP contribution in [0.1, 0.15) is 264 Å². The Morgan fingerprint density at radius 2 is 0.605 bits per heavy atom. The van der Waals surface area contributed by atoms with Gasteiger partial charge in [-0.3, -0.25) is 0 Å². The third-order valence-corrected chi connectivity index (χ3v) is 13.6. The molecule has 0 bridgehead atoms. The van der Waals surface area contributed by atoms with Crippen LogP contribution in [0.15, 0.2) is 48.5 Å². The Balaban J connectivity index is 2.10. The quantitative estimate of drug-likeness (QED) is 0.0555. The zero-order chi connectivity index (χ0) is 62.1. The largest absolute Gasteiger partial charge is 0.514 e. The second kappa shape index (κ2) is 24.7. The third kappa shape index (κ3) is 19.8. The molecule has 0 aliphatic rings. The normalized spacial score (nSPS) is 13.9. The molecule has 0 aliphatic heterocycles. The Morgan fingerprint density at radius 3 is 0.827 bits per heavy atom. The monoisotopic (exact) mass is 1120 g/mol. The average Bonchev–Trinajstić information content (AvgIpc) is 3.20. The van der Waals surface area contributed by atoms with Gasteiger partial charge < -0.3 is 43.0 Å². The van der Waals surface area contributed by atoms with Crippen molar-refractivity contribution in [3.05, 3.63) is 115 Å². The van der Waals surface area contributed by atoms with Gasteiger partial charge in [0.05, 0.1) is 5.60 Å². The molecule has 0 aliphatic carbocycles. The van der Waals surface area contributed by atoms with Crippen molar-refractivity contribution in [3.8, 4) is 23.0 Å². The fourth-order valence-electron chi connectivity index (χ4n) is 9.99. The highest BCUT2D eigenvalue weighted by Gasteiger charge is 2.34. The number of hydrogen-bond donors (Lipinski definition) is 1. The van der Waals surface area contributed by atoms with E-state index < -0.39 is 69.0 Å². The zero-order valence-electron chi connectivity index (χ0n) is 54.9.